The fraction of sp³-hybridized carbons (Fsp3) is 0.400. The average Bonchev–Trinajstić information content (AvgIpc) is 2.48. The first-order valence-corrected chi connectivity index (χ1v) is 6.68. The normalized spacial score (nSPS) is 25.9. The summed E-state index contributed by atoms with van der Waals surface area (Å²) in [7, 11) is 1.24. The molecular weight excluding hydrogens is 278 g/mol. The van der Waals surface area contributed by atoms with Crippen LogP contribution in [0.5, 0.6) is 0 Å². The molecule has 0 spiro atoms. The van der Waals surface area contributed by atoms with E-state index in [0.29, 0.717) is 17.0 Å². The maximum Gasteiger partial charge on any atom is 0.316 e. The largest absolute Gasteiger partial charge is 0.468 e. The van der Waals surface area contributed by atoms with Gasteiger partial charge in [-0.15, -0.1) is 0 Å². The molecule has 0 bridgehead atoms. The predicted octanol–water partition coefficient (Wildman–Crippen LogP) is 2.64. The van der Waals surface area contributed by atoms with E-state index in [1.165, 1.54) is 7.11 Å². The summed E-state index contributed by atoms with van der Waals surface area (Å²) in [6.07, 6.45) is 0.677. The van der Waals surface area contributed by atoms with E-state index in [2.05, 4.69) is 10.8 Å². The van der Waals surface area contributed by atoms with Gasteiger partial charge in [-0.25, -0.2) is 0 Å². The fourth-order valence-electron chi connectivity index (χ4n) is 2.69. The van der Waals surface area contributed by atoms with Crippen molar-refractivity contribution in [3.63, 3.8) is 0 Å². The highest BCUT2D eigenvalue weighted by Gasteiger charge is 2.46. The lowest BCUT2D eigenvalue weighted by Gasteiger charge is -2.34. The van der Waals surface area contributed by atoms with Gasteiger partial charge in [-0.3, -0.25) is 9.59 Å². The first kappa shape index (κ1) is 14.5. The highest BCUT2D eigenvalue weighted by atomic mass is 35.5. The summed E-state index contributed by atoms with van der Waals surface area (Å²) in [5, 5.41) is 10.1. The number of benzene rings is 1. The number of nitrogens with zero attached hydrogens (tertiary/aromatic N) is 1. The topological polar surface area (TPSA) is 67.2 Å². The van der Waals surface area contributed by atoms with E-state index in [9.17, 15) is 14.9 Å². The third kappa shape index (κ3) is 2.41. The monoisotopic (exact) mass is 291 g/mol. The Bertz CT molecular complexity index is 585. The van der Waals surface area contributed by atoms with Gasteiger partial charge < -0.3 is 4.74 Å². The number of methoxy groups -OCH3 is 1. The molecule has 2 atom stereocenters. The summed E-state index contributed by atoms with van der Waals surface area (Å²) in [5.41, 5.74) is -0.240. The van der Waals surface area contributed by atoms with Crippen molar-refractivity contribution in [2.75, 3.05) is 7.11 Å². The SMILES string of the molecule is COC(=O)[C@H]1C[C@](C#N)(c2ccccc2Cl)CCC1=O. The van der Waals surface area contributed by atoms with Gasteiger partial charge in [-0.05, 0) is 24.5 Å². The molecule has 1 fully saturated rings. The molecule has 0 radical (unpaired) electrons. The summed E-state index contributed by atoms with van der Waals surface area (Å²) >= 11 is 6.17. The number of ketones is 1. The highest BCUT2D eigenvalue weighted by Crippen LogP contribution is 2.43. The first-order chi connectivity index (χ1) is 9.54. The maximum absolute atomic E-state index is 11.9. The lowest BCUT2D eigenvalue weighted by molar-refractivity contribution is -0.151. The molecule has 0 heterocycles. The van der Waals surface area contributed by atoms with Crippen LogP contribution in [-0.4, -0.2) is 18.9 Å². The van der Waals surface area contributed by atoms with Crippen molar-refractivity contribution >= 4 is 23.4 Å². The zero-order valence-electron chi connectivity index (χ0n) is 11.1. The highest BCUT2D eigenvalue weighted by molar-refractivity contribution is 6.31. The Balaban J connectivity index is 2.43. The minimum atomic E-state index is -0.912. The molecule has 0 N–H and O–H groups in total. The summed E-state index contributed by atoms with van der Waals surface area (Å²) in [6, 6.07) is 9.32. The number of carbonyl (C=O) groups excluding carboxylic acids is 2. The number of esters is 1. The predicted molar refractivity (Wildman–Crippen MR) is 73.1 cm³/mol. The van der Waals surface area contributed by atoms with Crippen molar-refractivity contribution in [2.45, 2.75) is 24.7 Å². The molecule has 1 aliphatic rings. The average molecular weight is 292 g/mol. The first-order valence-electron chi connectivity index (χ1n) is 6.31. The summed E-state index contributed by atoms with van der Waals surface area (Å²) < 4.78 is 4.66. The van der Waals surface area contributed by atoms with E-state index >= 15 is 0 Å². The van der Waals surface area contributed by atoms with Crippen molar-refractivity contribution in [1.82, 2.24) is 0 Å². The number of nitriles is 1. The van der Waals surface area contributed by atoms with Gasteiger partial charge in [0.2, 0.25) is 0 Å². The maximum atomic E-state index is 11.9. The van der Waals surface area contributed by atoms with Crippen LogP contribution < -0.4 is 0 Å². The van der Waals surface area contributed by atoms with E-state index in [1.807, 2.05) is 0 Å². The molecule has 4 nitrogen and oxygen atoms in total. The lowest BCUT2D eigenvalue weighted by Crippen LogP contribution is -2.40. The van der Waals surface area contributed by atoms with Crippen LogP contribution in [0.25, 0.3) is 0 Å². The van der Waals surface area contributed by atoms with Gasteiger partial charge >= 0.3 is 5.97 Å². The zero-order chi connectivity index (χ0) is 14.8. The van der Waals surface area contributed by atoms with Gasteiger partial charge in [-0.1, -0.05) is 29.8 Å². The van der Waals surface area contributed by atoms with Crippen LogP contribution in [0.1, 0.15) is 24.8 Å². The van der Waals surface area contributed by atoms with Crippen LogP contribution in [0.15, 0.2) is 24.3 Å². The molecule has 1 aliphatic carbocycles. The van der Waals surface area contributed by atoms with E-state index in [0.717, 1.165) is 0 Å². The Hall–Kier alpha value is -1.86. The van der Waals surface area contributed by atoms with Crippen molar-refractivity contribution in [1.29, 1.82) is 5.26 Å². The van der Waals surface area contributed by atoms with E-state index in [1.54, 1.807) is 24.3 Å². The molecule has 0 saturated heterocycles. The van der Waals surface area contributed by atoms with Crippen LogP contribution in [0, 0.1) is 17.2 Å². The Morgan fingerprint density at radius 2 is 2.20 bits per heavy atom. The number of halogens is 1. The minimum absolute atomic E-state index is 0.124. The zero-order valence-corrected chi connectivity index (χ0v) is 11.8. The molecule has 0 aliphatic heterocycles. The van der Waals surface area contributed by atoms with Crippen molar-refractivity contribution in [3.05, 3.63) is 34.9 Å². The van der Waals surface area contributed by atoms with Crippen molar-refractivity contribution < 1.29 is 14.3 Å². The molecule has 20 heavy (non-hydrogen) atoms. The number of hydrogen-bond donors (Lipinski definition) is 0. The number of carbonyl (C=O) groups is 2. The van der Waals surface area contributed by atoms with Gasteiger partial charge in [0.15, 0.2) is 0 Å². The van der Waals surface area contributed by atoms with Crippen molar-refractivity contribution in [3.8, 4) is 6.07 Å². The van der Waals surface area contributed by atoms with Gasteiger partial charge in [0.25, 0.3) is 0 Å². The second-order valence-corrected chi connectivity index (χ2v) is 5.33. The molecule has 2 rings (SSSR count). The molecule has 1 saturated carbocycles. The van der Waals surface area contributed by atoms with Crippen LogP contribution in [0.2, 0.25) is 5.02 Å². The second kappa shape index (κ2) is 5.64. The molecule has 5 heteroatoms. The number of rotatable bonds is 2. The number of ether oxygens (including phenoxy) is 1. The molecule has 0 unspecified atom stereocenters. The third-order valence-electron chi connectivity index (χ3n) is 3.83. The fourth-order valence-corrected chi connectivity index (χ4v) is 3.00. The third-order valence-corrected chi connectivity index (χ3v) is 4.16. The van der Waals surface area contributed by atoms with Crippen LogP contribution in [-0.2, 0) is 19.7 Å². The van der Waals surface area contributed by atoms with E-state index in [-0.39, 0.29) is 18.6 Å². The summed E-state index contributed by atoms with van der Waals surface area (Å²) in [4.78, 5) is 23.6. The smallest absolute Gasteiger partial charge is 0.316 e. The molecule has 1 aromatic carbocycles. The van der Waals surface area contributed by atoms with Crippen LogP contribution in [0.4, 0.5) is 0 Å². The number of hydrogen-bond acceptors (Lipinski definition) is 4. The van der Waals surface area contributed by atoms with Crippen LogP contribution >= 0.6 is 11.6 Å². The molecule has 1 aromatic rings. The Morgan fingerprint density at radius 1 is 1.50 bits per heavy atom. The lowest BCUT2D eigenvalue weighted by atomic mass is 9.66. The molecule has 104 valence electrons. The van der Waals surface area contributed by atoms with Crippen molar-refractivity contribution in [2.24, 2.45) is 5.92 Å². The van der Waals surface area contributed by atoms with E-state index in [4.69, 9.17) is 11.6 Å². The van der Waals surface area contributed by atoms with Gasteiger partial charge in [-0.2, -0.15) is 5.26 Å². The molecule has 0 amide bonds. The standard InChI is InChI=1S/C15H14ClNO3/c1-20-14(19)10-8-15(9-17,7-6-13(10)18)11-4-2-3-5-12(11)16/h2-5,10H,6-8H2,1H3/t10-,15+/m0/s1. The number of Topliss-reactive ketones (excluding diaryl/α,β-unsaturated/α-hetero) is 1. The van der Waals surface area contributed by atoms with Gasteiger partial charge in [0, 0.05) is 11.4 Å². The Morgan fingerprint density at radius 3 is 2.80 bits per heavy atom. The van der Waals surface area contributed by atoms with Gasteiger partial charge in [0.05, 0.1) is 18.6 Å². The van der Waals surface area contributed by atoms with Crippen LogP contribution in [0.3, 0.4) is 0 Å². The Kier molecular flexibility index (Phi) is 4.10. The minimum Gasteiger partial charge on any atom is -0.468 e. The summed E-state index contributed by atoms with van der Waals surface area (Å²) in [6.45, 7) is 0. The Labute approximate surface area is 122 Å². The van der Waals surface area contributed by atoms with Gasteiger partial charge in [0.1, 0.15) is 11.7 Å². The van der Waals surface area contributed by atoms with E-state index < -0.39 is 17.3 Å². The molecular formula is C15H14ClNO3. The second-order valence-electron chi connectivity index (χ2n) is 4.92. The summed E-state index contributed by atoms with van der Waals surface area (Å²) in [5.74, 6) is -1.64. The quantitative estimate of drug-likeness (QED) is 0.620. The molecule has 0 aromatic heterocycles.